The zero-order valence-electron chi connectivity index (χ0n) is 12.7. The molecule has 1 aromatic carbocycles. The molecular weight excluding hydrogens is 272 g/mol. The van der Waals surface area contributed by atoms with E-state index in [1.165, 1.54) is 11.3 Å². The fourth-order valence-electron chi connectivity index (χ4n) is 2.65. The Kier molecular flexibility index (Phi) is 5.70. The third-order valence-electron chi connectivity index (χ3n) is 3.86. The average molecular weight is 297 g/mol. The first-order valence-corrected chi connectivity index (χ1v) is 7.77. The van der Waals surface area contributed by atoms with Crippen molar-refractivity contribution in [3.05, 3.63) is 28.8 Å². The highest BCUT2D eigenvalue weighted by Crippen LogP contribution is 2.27. The summed E-state index contributed by atoms with van der Waals surface area (Å²) in [6.45, 7) is 7.28. The maximum Gasteiger partial charge on any atom is 0.0605 e. The topological polar surface area (TPSA) is 24.5 Å². The zero-order chi connectivity index (χ0) is 14.5. The van der Waals surface area contributed by atoms with E-state index in [1.54, 1.807) is 7.11 Å². The summed E-state index contributed by atoms with van der Waals surface area (Å²) in [7, 11) is 1.81. The van der Waals surface area contributed by atoms with Gasteiger partial charge in [0.1, 0.15) is 0 Å². The van der Waals surface area contributed by atoms with Crippen molar-refractivity contribution < 1.29 is 4.74 Å². The van der Waals surface area contributed by atoms with Gasteiger partial charge < -0.3 is 15.0 Å². The number of ether oxygens (including phenoxy) is 1. The van der Waals surface area contributed by atoms with Crippen molar-refractivity contribution in [3.8, 4) is 0 Å². The van der Waals surface area contributed by atoms with Gasteiger partial charge >= 0.3 is 0 Å². The van der Waals surface area contributed by atoms with E-state index in [1.807, 2.05) is 6.07 Å². The van der Waals surface area contributed by atoms with E-state index in [2.05, 4.69) is 36.2 Å². The van der Waals surface area contributed by atoms with Crippen LogP contribution in [-0.2, 0) is 11.3 Å². The van der Waals surface area contributed by atoms with Gasteiger partial charge in [-0.15, -0.1) is 0 Å². The SMILES string of the molecule is COC1CCN(c2ccc(Cl)cc2CNC(C)C)CC1. The summed E-state index contributed by atoms with van der Waals surface area (Å²) in [5.74, 6) is 0. The van der Waals surface area contributed by atoms with E-state index in [0.717, 1.165) is 37.5 Å². The molecular formula is C16H25ClN2O. The number of halogens is 1. The number of benzene rings is 1. The van der Waals surface area contributed by atoms with Gasteiger partial charge in [-0.3, -0.25) is 0 Å². The molecule has 2 rings (SSSR count). The van der Waals surface area contributed by atoms with Crippen LogP contribution in [0.25, 0.3) is 0 Å². The number of hydrogen-bond acceptors (Lipinski definition) is 3. The Hall–Kier alpha value is -0.770. The van der Waals surface area contributed by atoms with E-state index >= 15 is 0 Å². The summed E-state index contributed by atoms with van der Waals surface area (Å²) >= 11 is 6.15. The lowest BCUT2D eigenvalue weighted by molar-refractivity contribution is 0.0819. The Morgan fingerprint density at radius 3 is 2.65 bits per heavy atom. The highest BCUT2D eigenvalue weighted by atomic mass is 35.5. The highest BCUT2D eigenvalue weighted by molar-refractivity contribution is 6.30. The average Bonchev–Trinajstić information content (AvgIpc) is 2.45. The van der Waals surface area contributed by atoms with Gasteiger partial charge in [0.05, 0.1) is 6.10 Å². The third-order valence-corrected chi connectivity index (χ3v) is 4.09. The van der Waals surface area contributed by atoms with Crippen LogP contribution in [0.4, 0.5) is 5.69 Å². The van der Waals surface area contributed by atoms with Crippen molar-refractivity contribution >= 4 is 17.3 Å². The molecule has 0 aromatic heterocycles. The molecule has 1 heterocycles. The highest BCUT2D eigenvalue weighted by Gasteiger charge is 2.20. The van der Waals surface area contributed by atoms with E-state index in [4.69, 9.17) is 16.3 Å². The molecule has 0 atom stereocenters. The summed E-state index contributed by atoms with van der Waals surface area (Å²) in [6.07, 6.45) is 2.60. The van der Waals surface area contributed by atoms with Gasteiger partial charge in [-0.2, -0.15) is 0 Å². The zero-order valence-corrected chi connectivity index (χ0v) is 13.4. The first kappa shape index (κ1) is 15.6. The number of nitrogens with one attached hydrogen (secondary N) is 1. The number of hydrogen-bond donors (Lipinski definition) is 1. The molecule has 1 fully saturated rings. The molecule has 1 aliphatic rings. The van der Waals surface area contributed by atoms with Gasteiger partial charge in [0.15, 0.2) is 0 Å². The lowest BCUT2D eigenvalue weighted by Crippen LogP contribution is -2.37. The Morgan fingerprint density at radius 1 is 1.35 bits per heavy atom. The van der Waals surface area contributed by atoms with Crippen LogP contribution in [0.3, 0.4) is 0 Å². The molecule has 1 aliphatic heterocycles. The number of methoxy groups -OCH3 is 1. The Bertz CT molecular complexity index is 428. The number of anilines is 1. The van der Waals surface area contributed by atoms with E-state index in [0.29, 0.717) is 12.1 Å². The molecule has 4 heteroatoms. The van der Waals surface area contributed by atoms with Crippen LogP contribution >= 0.6 is 11.6 Å². The molecule has 0 bridgehead atoms. The third kappa shape index (κ3) is 4.11. The van der Waals surface area contributed by atoms with Crippen LogP contribution in [0.1, 0.15) is 32.3 Å². The van der Waals surface area contributed by atoms with Crippen LogP contribution in [0, 0.1) is 0 Å². The molecule has 0 saturated carbocycles. The second kappa shape index (κ2) is 7.30. The first-order valence-electron chi connectivity index (χ1n) is 7.39. The fraction of sp³-hybridized carbons (Fsp3) is 0.625. The molecule has 112 valence electrons. The van der Waals surface area contributed by atoms with Crippen molar-refractivity contribution in [2.75, 3.05) is 25.1 Å². The Morgan fingerprint density at radius 2 is 2.05 bits per heavy atom. The van der Waals surface area contributed by atoms with Crippen LogP contribution < -0.4 is 10.2 Å². The minimum atomic E-state index is 0.413. The van der Waals surface area contributed by atoms with Crippen LogP contribution in [0.5, 0.6) is 0 Å². The molecule has 0 spiro atoms. The minimum absolute atomic E-state index is 0.413. The molecule has 0 amide bonds. The minimum Gasteiger partial charge on any atom is -0.381 e. The lowest BCUT2D eigenvalue weighted by atomic mass is 10.0. The second-order valence-electron chi connectivity index (χ2n) is 5.73. The van der Waals surface area contributed by atoms with Gasteiger partial charge in [0.25, 0.3) is 0 Å². The summed E-state index contributed by atoms with van der Waals surface area (Å²) in [5.41, 5.74) is 2.58. The van der Waals surface area contributed by atoms with Crippen molar-refractivity contribution in [3.63, 3.8) is 0 Å². The maximum atomic E-state index is 6.15. The molecule has 1 aromatic rings. The van der Waals surface area contributed by atoms with E-state index < -0.39 is 0 Å². The van der Waals surface area contributed by atoms with E-state index in [9.17, 15) is 0 Å². The quantitative estimate of drug-likeness (QED) is 0.901. The summed E-state index contributed by atoms with van der Waals surface area (Å²) in [6, 6.07) is 6.68. The monoisotopic (exact) mass is 296 g/mol. The summed E-state index contributed by atoms with van der Waals surface area (Å²) in [4.78, 5) is 2.45. The Balaban J connectivity index is 2.10. The van der Waals surface area contributed by atoms with Crippen LogP contribution in [-0.4, -0.2) is 32.3 Å². The second-order valence-corrected chi connectivity index (χ2v) is 6.17. The molecule has 0 aliphatic carbocycles. The standard InChI is InChI=1S/C16H25ClN2O/c1-12(2)18-11-13-10-14(17)4-5-16(13)19-8-6-15(20-3)7-9-19/h4-5,10,12,15,18H,6-9,11H2,1-3H3. The lowest BCUT2D eigenvalue weighted by Gasteiger charge is -2.34. The van der Waals surface area contributed by atoms with Crippen LogP contribution in [0.15, 0.2) is 18.2 Å². The largest absolute Gasteiger partial charge is 0.381 e. The summed E-state index contributed by atoms with van der Waals surface area (Å²) < 4.78 is 5.44. The van der Waals surface area contributed by atoms with Crippen molar-refractivity contribution in [2.24, 2.45) is 0 Å². The normalized spacial score (nSPS) is 16.9. The molecule has 3 nitrogen and oxygen atoms in total. The molecule has 1 N–H and O–H groups in total. The smallest absolute Gasteiger partial charge is 0.0605 e. The van der Waals surface area contributed by atoms with Crippen molar-refractivity contribution in [1.29, 1.82) is 0 Å². The van der Waals surface area contributed by atoms with E-state index in [-0.39, 0.29) is 0 Å². The predicted octanol–water partition coefficient (Wildman–Crippen LogP) is 3.45. The maximum absolute atomic E-state index is 6.15. The predicted molar refractivity (Wildman–Crippen MR) is 85.7 cm³/mol. The van der Waals surface area contributed by atoms with Gasteiger partial charge in [-0.1, -0.05) is 25.4 Å². The van der Waals surface area contributed by atoms with Gasteiger partial charge in [-0.25, -0.2) is 0 Å². The number of nitrogens with zero attached hydrogens (tertiary/aromatic N) is 1. The molecule has 20 heavy (non-hydrogen) atoms. The number of rotatable bonds is 5. The van der Waals surface area contributed by atoms with Gasteiger partial charge in [0, 0.05) is 43.5 Å². The van der Waals surface area contributed by atoms with Crippen molar-refractivity contribution in [2.45, 2.75) is 45.4 Å². The van der Waals surface area contributed by atoms with Crippen molar-refractivity contribution in [1.82, 2.24) is 5.32 Å². The molecule has 0 unspecified atom stereocenters. The molecule has 1 saturated heterocycles. The van der Waals surface area contributed by atoms with Crippen LogP contribution in [0.2, 0.25) is 5.02 Å². The summed E-state index contributed by atoms with van der Waals surface area (Å²) in [5, 5.41) is 4.28. The molecule has 0 radical (unpaired) electrons. The first-order chi connectivity index (χ1) is 9.60. The fourth-order valence-corrected chi connectivity index (χ4v) is 2.85. The Labute approximate surface area is 127 Å². The number of piperidine rings is 1. The van der Waals surface area contributed by atoms with Gasteiger partial charge in [-0.05, 0) is 36.6 Å². The van der Waals surface area contributed by atoms with Gasteiger partial charge in [0.2, 0.25) is 0 Å².